The van der Waals surface area contributed by atoms with Crippen LogP contribution in [0.25, 0.3) is 0 Å². The first kappa shape index (κ1) is 13.6. The highest BCUT2D eigenvalue weighted by atomic mass is 32.2. The number of aromatic nitrogens is 2. The van der Waals surface area contributed by atoms with E-state index in [9.17, 15) is 8.42 Å². The van der Waals surface area contributed by atoms with Crippen LogP contribution in [0.2, 0.25) is 0 Å². The molecule has 1 aromatic carbocycles. The van der Waals surface area contributed by atoms with Crippen molar-refractivity contribution in [3.05, 3.63) is 41.2 Å². The molecule has 4 N–H and O–H groups in total. The Labute approximate surface area is 112 Å². The van der Waals surface area contributed by atoms with Crippen LogP contribution in [-0.4, -0.2) is 18.6 Å². The number of hydrogen-bond acceptors (Lipinski definition) is 4. The minimum absolute atomic E-state index is 0.136. The van der Waals surface area contributed by atoms with Crippen LogP contribution >= 0.6 is 0 Å². The molecule has 0 aliphatic heterocycles. The molecule has 0 saturated carbocycles. The topological polar surface area (TPSA) is 101 Å². The molecule has 0 saturated heterocycles. The minimum atomic E-state index is -3.65. The molecule has 0 spiro atoms. The molecular formula is C12H16N4O2S. The summed E-state index contributed by atoms with van der Waals surface area (Å²) in [5.74, 6) is 0. The van der Waals surface area contributed by atoms with Crippen molar-refractivity contribution in [1.82, 2.24) is 10.2 Å². The average Bonchev–Trinajstić information content (AvgIpc) is 2.76. The molecule has 7 heteroatoms. The number of nitrogens with two attached hydrogens (primary N) is 1. The van der Waals surface area contributed by atoms with E-state index in [0.29, 0.717) is 11.4 Å². The molecule has 0 aliphatic rings. The van der Waals surface area contributed by atoms with Crippen LogP contribution in [0, 0.1) is 13.8 Å². The molecule has 19 heavy (non-hydrogen) atoms. The number of nitrogens with one attached hydrogen (secondary N) is 2. The summed E-state index contributed by atoms with van der Waals surface area (Å²) in [6.45, 7) is 3.82. The van der Waals surface area contributed by atoms with Gasteiger partial charge in [-0.2, -0.15) is 5.10 Å². The summed E-state index contributed by atoms with van der Waals surface area (Å²) in [4.78, 5) is 0.136. The lowest BCUT2D eigenvalue weighted by molar-refractivity contribution is 0.600. The molecule has 0 fully saturated rings. The maximum Gasteiger partial charge on any atom is 0.265 e. The van der Waals surface area contributed by atoms with Crippen molar-refractivity contribution in [2.24, 2.45) is 5.73 Å². The van der Waals surface area contributed by atoms with E-state index in [1.807, 2.05) is 13.0 Å². The molecule has 2 rings (SSSR count). The molecule has 1 heterocycles. The number of benzene rings is 1. The molecule has 1 aromatic heterocycles. The lowest BCUT2D eigenvalue weighted by Gasteiger charge is -2.13. The number of aryl methyl sites for hydroxylation is 2. The highest BCUT2D eigenvalue weighted by Gasteiger charge is 2.20. The van der Waals surface area contributed by atoms with Gasteiger partial charge in [0.15, 0.2) is 0 Å². The fourth-order valence-corrected chi connectivity index (χ4v) is 3.11. The average molecular weight is 280 g/mol. The molecule has 0 amide bonds. The van der Waals surface area contributed by atoms with Gasteiger partial charge in [-0.25, -0.2) is 8.42 Å². The van der Waals surface area contributed by atoms with Crippen LogP contribution < -0.4 is 10.5 Å². The van der Waals surface area contributed by atoms with E-state index in [1.54, 1.807) is 19.1 Å². The molecule has 0 radical (unpaired) electrons. The van der Waals surface area contributed by atoms with E-state index in [-0.39, 0.29) is 11.4 Å². The summed E-state index contributed by atoms with van der Waals surface area (Å²) >= 11 is 0. The van der Waals surface area contributed by atoms with Crippen molar-refractivity contribution < 1.29 is 8.42 Å². The number of aromatic amines is 1. The number of nitrogens with zero attached hydrogens (tertiary/aromatic N) is 1. The van der Waals surface area contributed by atoms with Crippen LogP contribution in [0.3, 0.4) is 0 Å². The van der Waals surface area contributed by atoms with Crippen LogP contribution in [0.1, 0.15) is 16.8 Å². The van der Waals surface area contributed by atoms with Crippen LogP contribution in [0.4, 0.5) is 5.69 Å². The van der Waals surface area contributed by atoms with E-state index in [4.69, 9.17) is 5.73 Å². The van der Waals surface area contributed by atoms with Gasteiger partial charge in [-0.1, -0.05) is 12.1 Å². The monoisotopic (exact) mass is 280 g/mol. The van der Waals surface area contributed by atoms with Crippen LogP contribution in [-0.2, 0) is 16.6 Å². The third-order valence-electron chi connectivity index (χ3n) is 2.93. The Bertz CT molecular complexity index is 692. The van der Waals surface area contributed by atoms with Crippen LogP contribution in [0.15, 0.2) is 29.3 Å². The van der Waals surface area contributed by atoms with Gasteiger partial charge < -0.3 is 5.73 Å². The van der Waals surface area contributed by atoms with Gasteiger partial charge in [0.05, 0.1) is 17.6 Å². The number of sulfonamides is 1. The summed E-state index contributed by atoms with van der Waals surface area (Å²) in [5, 5.41) is 6.33. The number of anilines is 1. The number of hydrogen-bond donors (Lipinski definition) is 3. The molecule has 0 aliphatic carbocycles. The van der Waals surface area contributed by atoms with Gasteiger partial charge in [0.1, 0.15) is 4.90 Å². The van der Waals surface area contributed by atoms with Crippen molar-refractivity contribution in [2.45, 2.75) is 25.3 Å². The molecule has 6 nitrogen and oxygen atoms in total. The zero-order valence-electron chi connectivity index (χ0n) is 10.8. The van der Waals surface area contributed by atoms with E-state index >= 15 is 0 Å². The third-order valence-corrected chi connectivity index (χ3v) is 4.41. The lowest BCUT2D eigenvalue weighted by Crippen LogP contribution is -2.16. The molecule has 0 atom stereocenters. The first-order valence-corrected chi connectivity index (χ1v) is 7.25. The maximum atomic E-state index is 12.3. The van der Waals surface area contributed by atoms with Gasteiger partial charge >= 0.3 is 0 Å². The van der Waals surface area contributed by atoms with E-state index < -0.39 is 10.0 Å². The predicted octanol–water partition coefficient (Wildman–Crippen LogP) is 1.29. The van der Waals surface area contributed by atoms with E-state index in [0.717, 1.165) is 11.1 Å². The fourth-order valence-electron chi connectivity index (χ4n) is 1.88. The Morgan fingerprint density at radius 1 is 1.37 bits per heavy atom. The summed E-state index contributed by atoms with van der Waals surface area (Å²) in [7, 11) is -3.65. The zero-order valence-corrected chi connectivity index (χ0v) is 11.6. The van der Waals surface area contributed by atoms with Crippen molar-refractivity contribution in [3.63, 3.8) is 0 Å². The Hall–Kier alpha value is -1.86. The van der Waals surface area contributed by atoms with Gasteiger partial charge in [-0.3, -0.25) is 9.82 Å². The minimum Gasteiger partial charge on any atom is -0.326 e. The second kappa shape index (κ2) is 5.02. The Balaban J connectivity index is 2.42. The van der Waals surface area contributed by atoms with E-state index in [2.05, 4.69) is 14.9 Å². The lowest BCUT2D eigenvalue weighted by atomic mass is 10.1. The third kappa shape index (κ3) is 2.61. The SMILES string of the molecule is Cc1cccc(NS(=O)(=O)c2cn[nH]c2C)c1CN. The maximum absolute atomic E-state index is 12.3. The smallest absolute Gasteiger partial charge is 0.265 e. The van der Waals surface area contributed by atoms with Crippen molar-refractivity contribution in [2.75, 3.05) is 4.72 Å². The predicted molar refractivity (Wildman–Crippen MR) is 73.2 cm³/mol. The Morgan fingerprint density at radius 2 is 2.11 bits per heavy atom. The van der Waals surface area contributed by atoms with Gasteiger partial charge in [-0.05, 0) is 31.0 Å². The molecule has 0 bridgehead atoms. The molecule has 2 aromatic rings. The summed E-state index contributed by atoms with van der Waals surface area (Å²) in [5.41, 5.74) is 8.40. The Kier molecular flexibility index (Phi) is 3.59. The Morgan fingerprint density at radius 3 is 2.68 bits per heavy atom. The number of H-pyrrole nitrogens is 1. The van der Waals surface area contributed by atoms with E-state index in [1.165, 1.54) is 6.20 Å². The van der Waals surface area contributed by atoms with Gasteiger partial charge in [0, 0.05) is 6.54 Å². The zero-order chi connectivity index (χ0) is 14.0. The number of rotatable bonds is 4. The highest BCUT2D eigenvalue weighted by molar-refractivity contribution is 7.92. The largest absolute Gasteiger partial charge is 0.326 e. The van der Waals surface area contributed by atoms with Gasteiger partial charge in [0.2, 0.25) is 0 Å². The second-order valence-corrected chi connectivity index (χ2v) is 5.92. The molecule has 0 unspecified atom stereocenters. The van der Waals surface area contributed by atoms with Gasteiger partial charge in [-0.15, -0.1) is 0 Å². The summed E-state index contributed by atoms with van der Waals surface area (Å²) in [6, 6.07) is 5.37. The first-order valence-electron chi connectivity index (χ1n) is 5.77. The second-order valence-electron chi connectivity index (χ2n) is 4.27. The van der Waals surface area contributed by atoms with Crippen molar-refractivity contribution in [3.8, 4) is 0 Å². The standard InChI is InChI=1S/C12H16N4O2S/c1-8-4-3-5-11(10(8)6-13)16-19(17,18)12-7-14-15-9(12)2/h3-5,7,16H,6,13H2,1-2H3,(H,14,15). The van der Waals surface area contributed by atoms with Crippen molar-refractivity contribution >= 4 is 15.7 Å². The fraction of sp³-hybridized carbons (Fsp3) is 0.250. The quantitative estimate of drug-likeness (QED) is 0.785. The molecular weight excluding hydrogens is 264 g/mol. The highest BCUT2D eigenvalue weighted by Crippen LogP contribution is 2.23. The molecule has 102 valence electrons. The van der Waals surface area contributed by atoms with Crippen LogP contribution in [0.5, 0.6) is 0 Å². The van der Waals surface area contributed by atoms with Crippen molar-refractivity contribution in [1.29, 1.82) is 0 Å². The normalized spacial score (nSPS) is 11.5. The summed E-state index contributed by atoms with van der Waals surface area (Å²) < 4.78 is 27.1. The summed E-state index contributed by atoms with van der Waals surface area (Å²) in [6.07, 6.45) is 1.29. The first-order chi connectivity index (χ1) is 8.95. The van der Waals surface area contributed by atoms with Gasteiger partial charge in [0.25, 0.3) is 10.0 Å².